The number of aliphatic hydroxyl groups is 1. The first-order chi connectivity index (χ1) is 10.1. The zero-order valence-electron chi connectivity index (χ0n) is 11.7. The first-order valence-corrected chi connectivity index (χ1v) is 7.15. The van der Waals surface area contributed by atoms with Crippen LogP contribution in [0.4, 0.5) is 0 Å². The van der Waals surface area contributed by atoms with Crippen LogP contribution < -0.4 is 0 Å². The van der Waals surface area contributed by atoms with E-state index in [9.17, 15) is 5.11 Å². The third-order valence-electron chi connectivity index (χ3n) is 3.66. The van der Waals surface area contributed by atoms with Crippen molar-refractivity contribution in [3.63, 3.8) is 0 Å². The van der Waals surface area contributed by atoms with Gasteiger partial charge in [0.2, 0.25) is 5.79 Å². The van der Waals surface area contributed by atoms with E-state index in [2.05, 4.69) is 4.98 Å². The molecule has 0 amide bonds. The lowest BCUT2D eigenvalue weighted by molar-refractivity contribution is -0.180. The number of hydrogen-bond donors (Lipinski definition) is 1. The molecular weight excluding hydrogens is 292 g/mol. The van der Waals surface area contributed by atoms with E-state index in [1.807, 2.05) is 29.9 Å². The number of imidazole rings is 1. The van der Waals surface area contributed by atoms with E-state index in [-0.39, 0.29) is 12.7 Å². The highest BCUT2D eigenvalue weighted by Gasteiger charge is 2.44. The fourth-order valence-corrected chi connectivity index (χ4v) is 2.61. The summed E-state index contributed by atoms with van der Waals surface area (Å²) < 4.78 is 13.8. The van der Waals surface area contributed by atoms with Crippen LogP contribution in [0.1, 0.15) is 11.4 Å². The quantitative estimate of drug-likeness (QED) is 0.937. The summed E-state index contributed by atoms with van der Waals surface area (Å²) in [6.45, 7) is 0.277. The zero-order chi connectivity index (χ0) is 14.9. The smallest absolute Gasteiger partial charge is 0.202 e. The van der Waals surface area contributed by atoms with Gasteiger partial charge in [-0.25, -0.2) is 4.98 Å². The lowest BCUT2D eigenvalue weighted by Crippen LogP contribution is -2.32. The van der Waals surface area contributed by atoms with Gasteiger partial charge in [0.25, 0.3) is 0 Å². The lowest BCUT2D eigenvalue weighted by atomic mass is 10.0. The summed E-state index contributed by atoms with van der Waals surface area (Å²) in [6, 6.07) is 7.36. The zero-order valence-corrected chi connectivity index (χ0v) is 12.5. The molecule has 1 aliphatic rings. The highest BCUT2D eigenvalue weighted by atomic mass is 35.5. The second-order valence-electron chi connectivity index (χ2n) is 5.12. The van der Waals surface area contributed by atoms with Crippen LogP contribution >= 0.6 is 11.6 Å². The molecule has 1 aromatic carbocycles. The van der Waals surface area contributed by atoms with Crippen LogP contribution in [0.15, 0.2) is 36.7 Å². The molecule has 0 bridgehead atoms. The standard InChI is InChI=1S/C15H17ClN2O3/c1-18-7-6-17-14(18)8-15(20-10-13(9-19)21-15)11-2-4-12(16)5-3-11/h2-7,13,19H,8-10H2,1H3/t13-,15+/m1/s1. The average molecular weight is 309 g/mol. The van der Waals surface area contributed by atoms with Crippen molar-refractivity contribution >= 4 is 11.6 Å². The van der Waals surface area contributed by atoms with E-state index < -0.39 is 5.79 Å². The van der Waals surface area contributed by atoms with Crippen LogP contribution in [0.5, 0.6) is 0 Å². The molecule has 112 valence electrons. The van der Waals surface area contributed by atoms with Crippen molar-refractivity contribution in [2.75, 3.05) is 13.2 Å². The third-order valence-corrected chi connectivity index (χ3v) is 3.91. The molecule has 1 saturated heterocycles. The third kappa shape index (κ3) is 2.82. The van der Waals surface area contributed by atoms with Crippen LogP contribution in [0.25, 0.3) is 0 Å². The van der Waals surface area contributed by atoms with Crippen molar-refractivity contribution in [3.8, 4) is 0 Å². The monoisotopic (exact) mass is 308 g/mol. The second kappa shape index (κ2) is 5.77. The lowest BCUT2D eigenvalue weighted by Gasteiger charge is -2.28. The Hall–Kier alpha value is -1.40. The van der Waals surface area contributed by atoms with Crippen LogP contribution in [-0.4, -0.2) is 34.0 Å². The summed E-state index contributed by atoms with van der Waals surface area (Å²) in [7, 11) is 1.93. The van der Waals surface area contributed by atoms with Gasteiger partial charge in [0.05, 0.1) is 19.6 Å². The Morgan fingerprint density at radius 3 is 2.76 bits per heavy atom. The Morgan fingerprint density at radius 1 is 1.43 bits per heavy atom. The largest absolute Gasteiger partial charge is 0.394 e. The Labute approximate surface area is 128 Å². The summed E-state index contributed by atoms with van der Waals surface area (Å²) in [4.78, 5) is 4.33. The Balaban J connectivity index is 1.95. The molecule has 5 nitrogen and oxygen atoms in total. The molecule has 21 heavy (non-hydrogen) atoms. The fourth-order valence-electron chi connectivity index (χ4n) is 2.48. The molecule has 6 heteroatoms. The predicted molar refractivity (Wildman–Crippen MR) is 78.0 cm³/mol. The molecule has 3 rings (SSSR count). The topological polar surface area (TPSA) is 56.5 Å². The average Bonchev–Trinajstić information content (AvgIpc) is 3.08. The van der Waals surface area contributed by atoms with Crippen molar-refractivity contribution in [2.45, 2.75) is 18.3 Å². The highest BCUT2D eigenvalue weighted by Crippen LogP contribution is 2.37. The molecule has 0 saturated carbocycles. The maximum absolute atomic E-state index is 9.32. The van der Waals surface area contributed by atoms with Crippen molar-refractivity contribution < 1.29 is 14.6 Å². The maximum atomic E-state index is 9.32. The molecule has 2 aromatic rings. The van der Waals surface area contributed by atoms with Gasteiger partial charge in [0, 0.05) is 30.0 Å². The minimum atomic E-state index is -0.933. The van der Waals surface area contributed by atoms with E-state index in [1.54, 1.807) is 18.3 Å². The van der Waals surface area contributed by atoms with Crippen molar-refractivity contribution in [1.29, 1.82) is 0 Å². The minimum Gasteiger partial charge on any atom is -0.394 e. The second-order valence-corrected chi connectivity index (χ2v) is 5.56. The van der Waals surface area contributed by atoms with Crippen LogP contribution in [-0.2, 0) is 28.7 Å². The van der Waals surface area contributed by atoms with Crippen LogP contribution in [0.3, 0.4) is 0 Å². The Morgan fingerprint density at radius 2 is 2.19 bits per heavy atom. The Kier molecular flexibility index (Phi) is 3.99. The van der Waals surface area contributed by atoms with Gasteiger partial charge >= 0.3 is 0 Å². The normalized spacial score (nSPS) is 25.4. The summed E-state index contributed by atoms with van der Waals surface area (Å²) in [5.41, 5.74) is 0.867. The summed E-state index contributed by atoms with van der Waals surface area (Å²) in [5, 5.41) is 9.98. The van der Waals surface area contributed by atoms with Gasteiger partial charge in [-0.05, 0) is 12.1 Å². The van der Waals surface area contributed by atoms with E-state index in [0.29, 0.717) is 18.1 Å². The number of benzene rings is 1. The molecule has 1 fully saturated rings. The molecule has 1 N–H and O–H groups in total. The minimum absolute atomic E-state index is 0.0735. The fraction of sp³-hybridized carbons (Fsp3) is 0.400. The molecule has 0 unspecified atom stereocenters. The summed E-state index contributed by atoms with van der Waals surface area (Å²) >= 11 is 5.95. The van der Waals surface area contributed by atoms with E-state index >= 15 is 0 Å². The van der Waals surface area contributed by atoms with Crippen LogP contribution in [0, 0.1) is 0 Å². The van der Waals surface area contributed by atoms with E-state index in [4.69, 9.17) is 21.1 Å². The first-order valence-electron chi connectivity index (χ1n) is 6.78. The van der Waals surface area contributed by atoms with E-state index in [0.717, 1.165) is 11.4 Å². The number of halogens is 1. The Bertz CT molecular complexity index is 614. The van der Waals surface area contributed by atoms with Gasteiger partial charge in [-0.1, -0.05) is 23.7 Å². The number of aryl methyl sites for hydroxylation is 1. The van der Waals surface area contributed by atoms with Crippen LogP contribution in [0.2, 0.25) is 5.02 Å². The molecule has 2 heterocycles. The number of hydrogen-bond acceptors (Lipinski definition) is 4. The molecule has 1 aromatic heterocycles. The first kappa shape index (κ1) is 14.5. The molecule has 0 spiro atoms. The van der Waals surface area contributed by atoms with Crippen molar-refractivity contribution in [3.05, 3.63) is 53.1 Å². The molecule has 0 radical (unpaired) electrons. The number of nitrogens with zero attached hydrogens (tertiary/aromatic N) is 2. The molecule has 2 atom stereocenters. The molecular formula is C15H17ClN2O3. The molecule has 1 aliphatic heterocycles. The number of ether oxygens (including phenoxy) is 2. The van der Waals surface area contributed by atoms with Crippen molar-refractivity contribution in [2.24, 2.45) is 7.05 Å². The van der Waals surface area contributed by atoms with Gasteiger partial charge in [-0.3, -0.25) is 0 Å². The molecule has 0 aliphatic carbocycles. The van der Waals surface area contributed by atoms with E-state index in [1.165, 1.54) is 0 Å². The number of aromatic nitrogens is 2. The van der Waals surface area contributed by atoms with Gasteiger partial charge in [-0.2, -0.15) is 0 Å². The van der Waals surface area contributed by atoms with Gasteiger partial charge in [-0.15, -0.1) is 0 Å². The van der Waals surface area contributed by atoms with Gasteiger partial charge in [0.1, 0.15) is 11.9 Å². The van der Waals surface area contributed by atoms with Gasteiger partial charge in [0.15, 0.2) is 0 Å². The summed E-state index contributed by atoms with van der Waals surface area (Å²) in [5.74, 6) is -0.0829. The summed E-state index contributed by atoms with van der Waals surface area (Å²) in [6.07, 6.45) is 3.75. The van der Waals surface area contributed by atoms with Crippen molar-refractivity contribution in [1.82, 2.24) is 9.55 Å². The highest BCUT2D eigenvalue weighted by molar-refractivity contribution is 6.30. The maximum Gasteiger partial charge on any atom is 0.202 e. The number of aliphatic hydroxyl groups excluding tert-OH is 1. The number of rotatable bonds is 4. The van der Waals surface area contributed by atoms with Gasteiger partial charge < -0.3 is 19.1 Å². The SMILES string of the molecule is Cn1ccnc1C[C@]1(c2ccc(Cl)cc2)OC[C@@H](CO)O1. The predicted octanol–water partition coefficient (Wildman–Crippen LogP) is 1.88.